The van der Waals surface area contributed by atoms with Crippen molar-refractivity contribution in [3.8, 4) is 11.5 Å². The van der Waals surface area contributed by atoms with Gasteiger partial charge in [0.25, 0.3) is 0 Å². The van der Waals surface area contributed by atoms with E-state index < -0.39 is 0 Å². The minimum Gasteiger partial charge on any atom is -0.493 e. The van der Waals surface area contributed by atoms with Gasteiger partial charge in [-0.15, -0.1) is 0 Å². The maximum atomic E-state index is 8.35. The molecule has 0 saturated carbocycles. The molecule has 4 nitrogen and oxygen atoms in total. The van der Waals surface area contributed by atoms with Crippen molar-refractivity contribution in [1.82, 2.24) is 0 Å². The van der Waals surface area contributed by atoms with E-state index in [0.717, 1.165) is 0 Å². The van der Waals surface area contributed by atoms with Gasteiger partial charge in [-0.3, -0.25) is 0 Å². The van der Waals surface area contributed by atoms with Gasteiger partial charge < -0.3 is 14.7 Å². The van der Waals surface area contributed by atoms with Crippen molar-refractivity contribution in [3.05, 3.63) is 22.7 Å². The molecule has 1 rings (SSSR count). The highest BCUT2D eigenvalue weighted by Gasteiger charge is 2.09. The third-order valence-corrected chi connectivity index (χ3v) is 1.94. The number of benzene rings is 1. The minimum atomic E-state index is 0.404. The lowest BCUT2D eigenvalue weighted by Crippen LogP contribution is -1.93. The predicted octanol–water partition coefficient (Wildman–Crippen LogP) is 2.17. The largest absolute Gasteiger partial charge is 0.493 e. The van der Waals surface area contributed by atoms with E-state index >= 15 is 0 Å². The van der Waals surface area contributed by atoms with Gasteiger partial charge in [-0.2, -0.15) is 0 Å². The highest BCUT2D eigenvalue weighted by molar-refractivity contribution is 6.32. The third-order valence-electron chi connectivity index (χ3n) is 1.66. The van der Waals surface area contributed by atoms with Crippen LogP contribution in [0.5, 0.6) is 11.5 Å². The highest BCUT2D eigenvalue weighted by atomic mass is 35.5. The fourth-order valence-corrected chi connectivity index (χ4v) is 1.38. The van der Waals surface area contributed by atoms with E-state index in [4.69, 9.17) is 26.3 Å². The molecule has 0 heterocycles. The van der Waals surface area contributed by atoms with Crippen LogP contribution in [0.15, 0.2) is 17.3 Å². The highest BCUT2D eigenvalue weighted by Crippen LogP contribution is 2.35. The van der Waals surface area contributed by atoms with Gasteiger partial charge in [0, 0.05) is 5.56 Å². The fraction of sp³-hybridized carbons (Fsp3) is 0.222. The summed E-state index contributed by atoms with van der Waals surface area (Å²) in [6, 6.07) is 3.27. The van der Waals surface area contributed by atoms with Crippen LogP contribution in [0.25, 0.3) is 0 Å². The van der Waals surface area contributed by atoms with Crippen LogP contribution >= 0.6 is 11.6 Å². The summed E-state index contributed by atoms with van der Waals surface area (Å²) in [6.45, 7) is 0. The van der Waals surface area contributed by atoms with Gasteiger partial charge in [0.1, 0.15) is 0 Å². The molecule has 0 radical (unpaired) electrons. The molecule has 0 fully saturated rings. The second-order valence-corrected chi connectivity index (χ2v) is 2.89. The molecule has 0 aliphatic carbocycles. The quantitative estimate of drug-likeness (QED) is 0.478. The molecule has 0 atom stereocenters. The molecule has 1 aromatic carbocycles. The average molecular weight is 216 g/mol. The molecule has 0 spiro atoms. The molecule has 0 aromatic heterocycles. The van der Waals surface area contributed by atoms with Crippen LogP contribution in [0, 0.1) is 0 Å². The minimum absolute atomic E-state index is 0.404. The molecule has 0 aliphatic rings. The second-order valence-electron chi connectivity index (χ2n) is 2.48. The average Bonchev–Trinajstić information content (AvgIpc) is 2.17. The lowest BCUT2D eigenvalue weighted by atomic mass is 10.2. The topological polar surface area (TPSA) is 51.0 Å². The van der Waals surface area contributed by atoms with Gasteiger partial charge in [0.05, 0.1) is 25.5 Å². The summed E-state index contributed by atoms with van der Waals surface area (Å²) in [4.78, 5) is 0. The van der Waals surface area contributed by atoms with Crippen molar-refractivity contribution in [3.63, 3.8) is 0 Å². The lowest BCUT2D eigenvalue weighted by Gasteiger charge is -2.09. The first-order chi connectivity index (χ1) is 6.72. The molecule has 5 heteroatoms. The standard InChI is InChI=1S/C9H10ClNO3/c1-13-8-4-6(5-11-12)3-7(10)9(8)14-2/h3-5,12H,1-2H3. The molecular weight excluding hydrogens is 206 g/mol. The molecule has 0 saturated heterocycles. The van der Waals surface area contributed by atoms with Crippen LogP contribution in [0.3, 0.4) is 0 Å². The number of methoxy groups -OCH3 is 2. The molecule has 0 unspecified atom stereocenters. The number of oxime groups is 1. The fourth-order valence-electron chi connectivity index (χ4n) is 1.08. The van der Waals surface area contributed by atoms with Gasteiger partial charge in [-0.05, 0) is 12.1 Å². The number of hydrogen-bond donors (Lipinski definition) is 1. The van der Waals surface area contributed by atoms with E-state index in [1.807, 2.05) is 0 Å². The Kier molecular flexibility index (Phi) is 3.59. The summed E-state index contributed by atoms with van der Waals surface area (Å²) in [7, 11) is 3.01. The summed E-state index contributed by atoms with van der Waals surface area (Å²) in [6.07, 6.45) is 1.26. The van der Waals surface area contributed by atoms with Crippen molar-refractivity contribution in [2.45, 2.75) is 0 Å². The van der Waals surface area contributed by atoms with Crippen LogP contribution in [0.4, 0.5) is 0 Å². The van der Waals surface area contributed by atoms with Crippen LogP contribution in [-0.4, -0.2) is 25.6 Å². The van der Waals surface area contributed by atoms with Crippen LogP contribution < -0.4 is 9.47 Å². The van der Waals surface area contributed by atoms with E-state index in [1.165, 1.54) is 20.4 Å². The van der Waals surface area contributed by atoms with Crippen LogP contribution in [0.1, 0.15) is 5.56 Å². The summed E-state index contributed by atoms with van der Waals surface area (Å²) < 4.78 is 10.1. The molecule has 0 aliphatic heterocycles. The van der Waals surface area contributed by atoms with Crippen molar-refractivity contribution in [2.75, 3.05) is 14.2 Å². The molecule has 0 amide bonds. The Morgan fingerprint density at radius 1 is 1.36 bits per heavy atom. The predicted molar refractivity (Wildman–Crippen MR) is 53.9 cm³/mol. The van der Waals surface area contributed by atoms with E-state index in [1.54, 1.807) is 12.1 Å². The molecule has 14 heavy (non-hydrogen) atoms. The van der Waals surface area contributed by atoms with Gasteiger partial charge in [0.15, 0.2) is 11.5 Å². The smallest absolute Gasteiger partial charge is 0.179 e. The summed E-state index contributed by atoms with van der Waals surface area (Å²) >= 11 is 5.90. The van der Waals surface area contributed by atoms with E-state index in [0.29, 0.717) is 22.1 Å². The van der Waals surface area contributed by atoms with E-state index in [-0.39, 0.29) is 0 Å². The van der Waals surface area contributed by atoms with E-state index in [9.17, 15) is 0 Å². The van der Waals surface area contributed by atoms with Crippen LogP contribution in [-0.2, 0) is 0 Å². The Morgan fingerprint density at radius 2 is 2.07 bits per heavy atom. The Morgan fingerprint density at radius 3 is 2.57 bits per heavy atom. The number of ether oxygens (including phenoxy) is 2. The monoisotopic (exact) mass is 215 g/mol. The van der Waals surface area contributed by atoms with Crippen molar-refractivity contribution < 1.29 is 14.7 Å². The van der Waals surface area contributed by atoms with Crippen molar-refractivity contribution in [2.24, 2.45) is 5.16 Å². The maximum Gasteiger partial charge on any atom is 0.179 e. The lowest BCUT2D eigenvalue weighted by molar-refractivity contribution is 0.321. The SMILES string of the molecule is COc1cc(C=NO)cc(Cl)c1OC. The first-order valence-electron chi connectivity index (χ1n) is 3.82. The van der Waals surface area contributed by atoms with Gasteiger partial charge >= 0.3 is 0 Å². The molecule has 0 bridgehead atoms. The Bertz CT molecular complexity index is 352. The van der Waals surface area contributed by atoms with Crippen LogP contribution in [0.2, 0.25) is 5.02 Å². The van der Waals surface area contributed by atoms with Gasteiger partial charge in [-0.1, -0.05) is 16.8 Å². The number of rotatable bonds is 3. The summed E-state index contributed by atoms with van der Waals surface area (Å²) in [5.41, 5.74) is 0.634. The van der Waals surface area contributed by atoms with Crippen molar-refractivity contribution >= 4 is 17.8 Å². The number of hydrogen-bond acceptors (Lipinski definition) is 4. The normalized spacial score (nSPS) is 10.5. The number of nitrogens with zero attached hydrogens (tertiary/aromatic N) is 1. The van der Waals surface area contributed by atoms with E-state index in [2.05, 4.69) is 5.16 Å². The molecule has 76 valence electrons. The second kappa shape index (κ2) is 4.72. The van der Waals surface area contributed by atoms with Gasteiger partial charge in [0.2, 0.25) is 0 Å². The molecule has 1 N–H and O–H groups in total. The first kappa shape index (κ1) is 10.7. The Balaban J connectivity index is 3.23. The zero-order chi connectivity index (χ0) is 10.6. The third kappa shape index (κ3) is 2.09. The Labute approximate surface area is 86.7 Å². The summed E-state index contributed by atoms with van der Waals surface area (Å²) in [5, 5.41) is 11.7. The van der Waals surface area contributed by atoms with Crippen molar-refractivity contribution in [1.29, 1.82) is 0 Å². The molecular formula is C9H10ClNO3. The molecule has 1 aromatic rings. The summed E-state index contributed by atoms with van der Waals surface area (Å²) in [5.74, 6) is 0.958. The zero-order valence-corrected chi connectivity index (χ0v) is 8.58. The van der Waals surface area contributed by atoms with Gasteiger partial charge in [-0.25, -0.2) is 0 Å². The Hall–Kier alpha value is -1.42. The maximum absolute atomic E-state index is 8.35. The first-order valence-corrected chi connectivity index (χ1v) is 4.19. The number of halogens is 1. The zero-order valence-electron chi connectivity index (χ0n) is 7.82.